The molecule has 2 bridgehead atoms. The third kappa shape index (κ3) is 2.76. The van der Waals surface area contributed by atoms with E-state index in [1.165, 1.54) is 26.0 Å². The monoisotopic (exact) mass is 452 g/mol. The van der Waals surface area contributed by atoms with Crippen molar-refractivity contribution in [3.8, 4) is 11.5 Å². The summed E-state index contributed by atoms with van der Waals surface area (Å²) < 4.78 is 10.8. The molecule has 8 nitrogen and oxygen atoms in total. The molecule has 1 spiro atoms. The Morgan fingerprint density at radius 1 is 1.30 bits per heavy atom. The standard InChI is InChI=1S/C25H28N2O6/c1-32-20(31)7-6-19(30)26-25-9-8-17(29)23-24(25)10-11-27(13-14-2-3-14)18(25)12-15-4-5-16(28)22(33-23)21(15)24/h4-7,14,18,23,28H,2-3,8-13H2,1H3,(H,26,30)/b7-6+/t18-,23+,24+,25-/m1/s1. The summed E-state index contributed by atoms with van der Waals surface area (Å²) in [6.07, 6.45) is 6.23. The maximum absolute atomic E-state index is 13.2. The Labute approximate surface area is 191 Å². The second-order valence-corrected chi connectivity index (χ2v) is 10.1. The predicted octanol–water partition coefficient (Wildman–Crippen LogP) is 1.38. The Hall–Kier alpha value is -2.87. The van der Waals surface area contributed by atoms with Crippen LogP contribution in [0.15, 0.2) is 24.3 Å². The molecule has 2 heterocycles. The summed E-state index contributed by atoms with van der Waals surface area (Å²) in [5.74, 6) is 0.147. The Morgan fingerprint density at radius 2 is 2.12 bits per heavy atom. The van der Waals surface area contributed by atoms with E-state index in [0.29, 0.717) is 37.4 Å². The van der Waals surface area contributed by atoms with Gasteiger partial charge >= 0.3 is 5.97 Å². The molecular formula is C25H28N2O6. The molecule has 5 aliphatic rings. The lowest BCUT2D eigenvalue weighted by molar-refractivity contribution is -0.148. The Balaban J connectivity index is 1.50. The van der Waals surface area contributed by atoms with Crippen molar-refractivity contribution in [2.75, 3.05) is 20.2 Å². The van der Waals surface area contributed by atoms with Crippen molar-refractivity contribution >= 4 is 17.7 Å². The number of phenolic OH excluding ortho intramolecular Hbond substituents is 1. The Morgan fingerprint density at radius 3 is 2.88 bits per heavy atom. The van der Waals surface area contributed by atoms with Gasteiger partial charge in [-0.15, -0.1) is 0 Å². The Bertz CT molecular complexity index is 1090. The maximum Gasteiger partial charge on any atom is 0.330 e. The predicted molar refractivity (Wildman–Crippen MR) is 117 cm³/mol. The quantitative estimate of drug-likeness (QED) is 0.514. The fourth-order valence-corrected chi connectivity index (χ4v) is 7.04. The van der Waals surface area contributed by atoms with E-state index in [1.807, 2.05) is 6.07 Å². The van der Waals surface area contributed by atoms with E-state index in [4.69, 9.17) is 4.74 Å². The molecule has 1 aromatic carbocycles. The molecule has 0 radical (unpaired) electrons. The number of piperidine rings is 1. The first-order chi connectivity index (χ1) is 15.9. The highest BCUT2D eigenvalue weighted by Gasteiger charge is 2.73. The van der Waals surface area contributed by atoms with Crippen LogP contribution in [0.2, 0.25) is 0 Å². The molecule has 1 aromatic rings. The second kappa shape index (κ2) is 7.06. The smallest absolute Gasteiger partial charge is 0.330 e. The zero-order valence-corrected chi connectivity index (χ0v) is 18.6. The van der Waals surface area contributed by atoms with Gasteiger partial charge in [0.2, 0.25) is 5.91 Å². The zero-order chi connectivity index (χ0) is 23.0. The van der Waals surface area contributed by atoms with Crippen molar-refractivity contribution in [1.29, 1.82) is 0 Å². The Kier molecular flexibility index (Phi) is 4.43. The van der Waals surface area contributed by atoms with Gasteiger partial charge in [-0.25, -0.2) is 4.79 Å². The first-order valence-corrected chi connectivity index (χ1v) is 11.8. The number of methoxy groups -OCH3 is 1. The molecule has 0 aromatic heterocycles. The lowest BCUT2D eigenvalue weighted by atomic mass is 9.47. The molecular weight excluding hydrogens is 424 g/mol. The molecule has 8 heteroatoms. The third-order valence-electron chi connectivity index (χ3n) is 8.53. The van der Waals surface area contributed by atoms with Gasteiger partial charge < -0.3 is 19.9 Å². The van der Waals surface area contributed by atoms with E-state index in [0.717, 1.165) is 30.3 Å². The topological polar surface area (TPSA) is 105 Å². The summed E-state index contributed by atoms with van der Waals surface area (Å²) in [5, 5.41) is 13.9. The van der Waals surface area contributed by atoms with Gasteiger partial charge in [-0.1, -0.05) is 6.07 Å². The van der Waals surface area contributed by atoms with Crippen molar-refractivity contribution in [2.24, 2.45) is 5.92 Å². The highest BCUT2D eigenvalue weighted by Crippen LogP contribution is 2.65. The minimum Gasteiger partial charge on any atom is -0.504 e. The number of aromatic hydroxyl groups is 1. The van der Waals surface area contributed by atoms with Crippen molar-refractivity contribution < 1.29 is 29.0 Å². The van der Waals surface area contributed by atoms with Crippen LogP contribution in [-0.2, 0) is 31.0 Å². The number of rotatable bonds is 5. The van der Waals surface area contributed by atoms with Gasteiger partial charge in [-0.3, -0.25) is 14.5 Å². The van der Waals surface area contributed by atoms with Crippen molar-refractivity contribution in [2.45, 2.75) is 61.6 Å². The first-order valence-electron chi connectivity index (χ1n) is 11.8. The van der Waals surface area contributed by atoms with E-state index >= 15 is 0 Å². The number of amides is 1. The van der Waals surface area contributed by atoms with Crippen LogP contribution in [0.25, 0.3) is 0 Å². The van der Waals surface area contributed by atoms with Gasteiger partial charge in [-0.2, -0.15) is 0 Å². The van der Waals surface area contributed by atoms with Gasteiger partial charge in [0.15, 0.2) is 23.4 Å². The lowest BCUT2D eigenvalue weighted by Crippen LogP contribution is -2.81. The van der Waals surface area contributed by atoms with Crippen LogP contribution in [-0.4, -0.2) is 65.6 Å². The van der Waals surface area contributed by atoms with E-state index in [-0.39, 0.29) is 23.5 Å². The molecule has 4 atom stereocenters. The molecule has 2 saturated carbocycles. The number of hydrogen-bond acceptors (Lipinski definition) is 7. The number of hydrogen-bond donors (Lipinski definition) is 2. The number of ketones is 1. The third-order valence-corrected chi connectivity index (χ3v) is 8.53. The number of phenols is 1. The van der Waals surface area contributed by atoms with E-state index < -0.39 is 23.0 Å². The van der Waals surface area contributed by atoms with Gasteiger partial charge in [0, 0.05) is 36.7 Å². The molecule has 0 unspecified atom stereocenters. The van der Waals surface area contributed by atoms with Gasteiger partial charge in [0.1, 0.15) is 0 Å². The molecule has 2 aliphatic heterocycles. The second-order valence-electron chi connectivity index (χ2n) is 10.1. The summed E-state index contributed by atoms with van der Waals surface area (Å²) in [6, 6.07) is 3.60. The largest absolute Gasteiger partial charge is 0.504 e. The number of carbonyl (C=O) groups is 3. The number of nitrogens with zero attached hydrogens (tertiary/aromatic N) is 1. The average Bonchev–Trinajstić information content (AvgIpc) is 3.54. The number of carbonyl (C=O) groups excluding carboxylic acids is 3. The number of ether oxygens (including phenoxy) is 2. The maximum atomic E-state index is 13.2. The minimum absolute atomic E-state index is 0.00418. The molecule has 174 valence electrons. The van der Waals surface area contributed by atoms with Crippen LogP contribution in [0.5, 0.6) is 11.5 Å². The molecule has 33 heavy (non-hydrogen) atoms. The summed E-state index contributed by atoms with van der Waals surface area (Å²) in [6.45, 7) is 1.80. The number of esters is 1. The number of benzene rings is 1. The zero-order valence-electron chi connectivity index (χ0n) is 18.6. The van der Waals surface area contributed by atoms with Gasteiger partial charge in [-0.05, 0) is 56.2 Å². The normalized spacial score (nSPS) is 34.0. The molecule has 6 rings (SSSR count). The van der Waals surface area contributed by atoms with E-state index in [1.54, 1.807) is 6.07 Å². The van der Waals surface area contributed by atoms with Crippen molar-refractivity contribution in [3.63, 3.8) is 0 Å². The lowest BCUT2D eigenvalue weighted by Gasteiger charge is -2.65. The van der Waals surface area contributed by atoms with E-state index in [9.17, 15) is 19.5 Å². The fourth-order valence-electron chi connectivity index (χ4n) is 7.04. The summed E-state index contributed by atoms with van der Waals surface area (Å²) in [4.78, 5) is 40.4. The van der Waals surface area contributed by atoms with Crippen LogP contribution < -0.4 is 10.1 Å². The van der Waals surface area contributed by atoms with Crippen LogP contribution in [0, 0.1) is 5.92 Å². The van der Waals surface area contributed by atoms with Crippen LogP contribution in [0.1, 0.15) is 43.2 Å². The van der Waals surface area contributed by atoms with Gasteiger partial charge in [0.05, 0.1) is 18.1 Å². The molecule has 1 saturated heterocycles. The van der Waals surface area contributed by atoms with Crippen LogP contribution >= 0.6 is 0 Å². The van der Waals surface area contributed by atoms with Crippen LogP contribution in [0.4, 0.5) is 0 Å². The van der Waals surface area contributed by atoms with Crippen molar-refractivity contribution in [3.05, 3.63) is 35.4 Å². The molecule has 1 amide bonds. The minimum atomic E-state index is -0.734. The number of nitrogens with one attached hydrogen (secondary N) is 1. The van der Waals surface area contributed by atoms with Crippen molar-refractivity contribution in [1.82, 2.24) is 10.2 Å². The molecule has 2 N–H and O–H groups in total. The molecule has 3 fully saturated rings. The summed E-state index contributed by atoms with van der Waals surface area (Å²) in [5.41, 5.74) is 0.506. The number of likely N-dealkylation sites (tertiary alicyclic amines) is 1. The fraction of sp³-hybridized carbons (Fsp3) is 0.560. The summed E-state index contributed by atoms with van der Waals surface area (Å²) >= 11 is 0. The van der Waals surface area contributed by atoms with E-state index in [2.05, 4.69) is 15.0 Å². The highest BCUT2D eigenvalue weighted by atomic mass is 16.5. The average molecular weight is 453 g/mol. The highest BCUT2D eigenvalue weighted by molar-refractivity contribution is 5.96. The first kappa shape index (κ1) is 20.7. The summed E-state index contributed by atoms with van der Waals surface area (Å²) in [7, 11) is 1.27. The van der Waals surface area contributed by atoms with Gasteiger partial charge in [0.25, 0.3) is 0 Å². The molecule has 3 aliphatic carbocycles. The SMILES string of the molecule is COC(=O)/C=C/C(=O)N[C@@]12CCC(=O)[C@@H]3Oc4c(O)ccc5c4[C@@]31CCN(CC1CC1)[C@@H]2C5. The van der Waals surface area contributed by atoms with Crippen LogP contribution in [0.3, 0.4) is 0 Å². The number of Topliss-reactive ketones (excluding diaryl/α,β-unsaturated/α-hetero) is 1.